The lowest BCUT2D eigenvalue weighted by atomic mass is 10.5. The zero-order chi connectivity index (χ0) is 13.3. The van der Waals surface area contributed by atoms with E-state index in [0.717, 1.165) is 0 Å². The van der Waals surface area contributed by atoms with E-state index in [9.17, 15) is 4.57 Å². The van der Waals surface area contributed by atoms with E-state index in [1.807, 2.05) is 0 Å². The zero-order valence-corrected chi connectivity index (χ0v) is 11.7. The average Bonchev–Trinajstić information content (AvgIpc) is 2.28. The lowest BCUT2D eigenvalue weighted by molar-refractivity contribution is 0.127. The van der Waals surface area contributed by atoms with Crippen LogP contribution in [0.5, 0.6) is 0 Å². The highest BCUT2D eigenvalue weighted by atomic mass is 31.2. The Kier molecular flexibility index (Phi) is 9.04. The molecule has 17 heavy (non-hydrogen) atoms. The summed E-state index contributed by atoms with van der Waals surface area (Å²) in [5.41, 5.74) is 0. The third kappa shape index (κ3) is 5.46. The second kappa shape index (κ2) is 9.03. The topological polar surface area (TPSA) is 79.2 Å². The van der Waals surface area contributed by atoms with Crippen LogP contribution in [0.25, 0.3) is 0 Å². The van der Waals surface area contributed by atoms with Crippen LogP contribution in [0.3, 0.4) is 0 Å². The van der Waals surface area contributed by atoms with Gasteiger partial charge in [-0.05, 0) is 20.8 Å². The van der Waals surface area contributed by atoms with Crippen molar-refractivity contribution >= 4 is 7.60 Å². The summed E-state index contributed by atoms with van der Waals surface area (Å²) in [6, 6.07) is 0. The fraction of sp³-hybridized carbons (Fsp3) is 1.00. The summed E-state index contributed by atoms with van der Waals surface area (Å²) in [7, 11) is -3.22. The van der Waals surface area contributed by atoms with Crippen molar-refractivity contribution in [3.05, 3.63) is 0 Å². The molecule has 0 rings (SSSR count). The number of aliphatic hydroxyl groups is 2. The zero-order valence-electron chi connectivity index (χ0n) is 10.8. The molecule has 0 aliphatic carbocycles. The minimum Gasteiger partial charge on any atom is -0.395 e. The van der Waals surface area contributed by atoms with Gasteiger partial charge in [0, 0.05) is 13.1 Å². The molecule has 104 valence electrons. The molecule has 0 aromatic carbocycles. The Bertz CT molecular complexity index is 223. The summed E-state index contributed by atoms with van der Waals surface area (Å²) < 4.78 is 22.9. The van der Waals surface area contributed by atoms with Crippen molar-refractivity contribution in [3.63, 3.8) is 0 Å². The van der Waals surface area contributed by atoms with Gasteiger partial charge in [0.1, 0.15) is 5.78 Å². The molecule has 0 aromatic rings. The first kappa shape index (κ1) is 17.0. The van der Waals surface area contributed by atoms with Gasteiger partial charge in [0.15, 0.2) is 0 Å². The Labute approximate surface area is 103 Å². The van der Waals surface area contributed by atoms with Crippen molar-refractivity contribution in [1.82, 2.24) is 4.90 Å². The van der Waals surface area contributed by atoms with Gasteiger partial charge in [0.05, 0.1) is 26.4 Å². The maximum absolute atomic E-state index is 12.5. The predicted octanol–water partition coefficient (Wildman–Crippen LogP) is 0.885. The largest absolute Gasteiger partial charge is 0.395 e. The smallest absolute Gasteiger partial charge is 0.347 e. The number of hydrogen-bond acceptors (Lipinski definition) is 6. The van der Waals surface area contributed by atoms with Crippen molar-refractivity contribution in [3.8, 4) is 0 Å². The Balaban J connectivity index is 4.75. The third-order valence-electron chi connectivity index (χ3n) is 2.38. The van der Waals surface area contributed by atoms with Crippen LogP contribution in [0.2, 0.25) is 0 Å². The molecule has 0 heterocycles. The summed E-state index contributed by atoms with van der Waals surface area (Å²) in [6.07, 6.45) is 0. The molecular formula is C10H24NO5P. The lowest BCUT2D eigenvalue weighted by Gasteiger charge is -2.32. The molecule has 0 aromatic heterocycles. The number of aliphatic hydroxyl groups excluding tert-OH is 2. The summed E-state index contributed by atoms with van der Waals surface area (Å²) in [5, 5.41) is 17.9. The van der Waals surface area contributed by atoms with Crippen molar-refractivity contribution < 1.29 is 23.8 Å². The van der Waals surface area contributed by atoms with Gasteiger partial charge in [0.2, 0.25) is 0 Å². The molecular weight excluding hydrogens is 245 g/mol. The normalized spacial score (nSPS) is 14.2. The molecule has 2 N–H and O–H groups in total. The summed E-state index contributed by atoms with van der Waals surface area (Å²) in [6.45, 7) is 6.34. The average molecular weight is 269 g/mol. The maximum Gasteiger partial charge on any atom is 0.347 e. The van der Waals surface area contributed by atoms with E-state index >= 15 is 0 Å². The first-order valence-corrected chi connectivity index (χ1v) is 7.51. The minimum absolute atomic E-state index is 0.0669. The number of nitrogens with zero attached hydrogens (tertiary/aromatic N) is 1. The van der Waals surface area contributed by atoms with Gasteiger partial charge in [0.25, 0.3) is 0 Å². The van der Waals surface area contributed by atoms with Gasteiger partial charge < -0.3 is 19.3 Å². The van der Waals surface area contributed by atoms with E-state index in [1.54, 1.807) is 25.7 Å². The highest BCUT2D eigenvalue weighted by Crippen LogP contribution is 2.53. The molecule has 0 saturated heterocycles. The summed E-state index contributed by atoms with van der Waals surface area (Å²) in [5.74, 6) is -0.485. The monoisotopic (exact) mass is 269 g/mol. The fourth-order valence-electron chi connectivity index (χ4n) is 1.56. The van der Waals surface area contributed by atoms with Crippen molar-refractivity contribution in [1.29, 1.82) is 0 Å². The highest BCUT2D eigenvalue weighted by molar-refractivity contribution is 7.54. The molecule has 1 atom stereocenters. The summed E-state index contributed by atoms with van der Waals surface area (Å²) in [4.78, 5) is 1.70. The van der Waals surface area contributed by atoms with Gasteiger partial charge >= 0.3 is 7.60 Å². The SMILES string of the molecule is CCOP(=O)(OCC)C(C)N(CCO)CCO. The Hall–Kier alpha value is 0.0300. The molecule has 7 heteroatoms. The second-order valence-electron chi connectivity index (χ2n) is 3.49. The van der Waals surface area contributed by atoms with Gasteiger partial charge in [-0.25, -0.2) is 0 Å². The van der Waals surface area contributed by atoms with Crippen molar-refractivity contribution in [2.75, 3.05) is 39.5 Å². The first-order valence-electron chi connectivity index (χ1n) is 5.90. The standard InChI is InChI=1S/C10H24NO5P/c1-4-15-17(14,16-5-2)10(3)11(6-8-12)7-9-13/h10,12-13H,4-9H2,1-3H3. The quantitative estimate of drug-likeness (QED) is 0.573. The van der Waals surface area contributed by atoms with E-state index < -0.39 is 13.4 Å². The van der Waals surface area contributed by atoms with Crippen LogP contribution in [0.4, 0.5) is 0 Å². The lowest BCUT2D eigenvalue weighted by Crippen LogP contribution is -2.38. The first-order chi connectivity index (χ1) is 8.05. The number of hydrogen-bond donors (Lipinski definition) is 2. The Morgan fingerprint density at radius 3 is 1.82 bits per heavy atom. The van der Waals surface area contributed by atoms with Gasteiger partial charge in [-0.1, -0.05) is 0 Å². The van der Waals surface area contributed by atoms with Crippen LogP contribution in [-0.4, -0.2) is 60.4 Å². The Morgan fingerprint density at radius 2 is 1.53 bits per heavy atom. The molecule has 0 aliphatic heterocycles. The number of rotatable bonds is 10. The van der Waals surface area contributed by atoms with E-state index in [0.29, 0.717) is 26.3 Å². The molecule has 0 fully saturated rings. The fourth-order valence-corrected chi connectivity index (χ4v) is 3.41. The van der Waals surface area contributed by atoms with Crippen LogP contribution in [0.15, 0.2) is 0 Å². The van der Waals surface area contributed by atoms with E-state index in [4.69, 9.17) is 19.3 Å². The van der Waals surface area contributed by atoms with Gasteiger partial charge in [-0.3, -0.25) is 9.46 Å². The van der Waals surface area contributed by atoms with Crippen LogP contribution in [0.1, 0.15) is 20.8 Å². The van der Waals surface area contributed by atoms with E-state index in [2.05, 4.69) is 0 Å². The summed E-state index contributed by atoms with van der Waals surface area (Å²) >= 11 is 0. The van der Waals surface area contributed by atoms with Crippen LogP contribution in [-0.2, 0) is 13.6 Å². The second-order valence-corrected chi connectivity index (χ2v) is 5.83. The molecule has 0 spiro atoms. The van der Waals surface area contributed by atoms with E-state index in [-0.39, 0.29) is 13.2 Å². The third-order valence-corrected chi connectivity index (χ3v) is 4.86. The molecule has 0 amide bonds. The Morgan fingerprint density at radius 1 is 1.12 bits per heavy atom. The molecule has 0 radical (unpaired) electrons. The molecule has 0 aliphatic rings. The predicted molar refractivity (Wildman–Crippen MR) is 66.1 cm³/mol. The van der Waals surface area contributed by atoms with Crippen LogP contribution >= 0.6 is 7.60 Å². The van der Waals surface area contributed by atoms with Crippen LogP contribution in [0, 0.1) is 0 Å². The molecule has 0 saturated carbocycles. The highest BCUT2D eigenvalue weighted by Gasteiger charge is 2.35. The van der Waals surface area contributed by atoms with Crippen molar-refractivity contribution in [2.24, 2.45) is 0 Å². The van der Waals surface area contributed by atoms with Crippen molar-refractivity contribution in [2.45, 2.75) is 26.6 Å². The molecule has 6 nitrogen and oxygen atoms in total. The minimum atomic E-state index is -3.22. The van der Waals surface area contributed by atoms with Crippen LogP contribution < -0.4 is 0 Å². The molecule has 1 unspecified atom stereocenters. The van der Waals surface area contributed by atoms with Gasteiger partial charge in [-0.15, -0.1) is 0 Å². The maximum atomic E-state index is 12.5. The van der Waals surface area contributed by atoms with E-state index in [1.165, 1.54) is 0 Å². The molecule has 0 bridgehead atoms. The van der Waals surface area contributed by atoms with Gasteiger partial charge in [-0.2, -0.15) is 0 Å².